The Kier molecular flexibility index (Phi) is 4.23. The van der Waals surface area contributed by atoms with Gasteiger partial charge in [-0.3, -0.25) is 0 Å². The molecule has 3 atom stereocenters. The molecule has 3 rings (SSSR count). The number of nitrogens with two attached hydrogens (primary N) is 1. The van der Waals surface area contributed by atoms with Gasteiger partial charge in [0.15, 0.2) is 0 Å². The minimum Gasteiger partial charge on any atom is -0.327 e. The first-order chi connectivity index (χ1) is 8.09. The van der Waals surface area contributed by atoms with E-state index in [-0.39, 0.29) is 18.4 Å². The second kappa shape index (κ2) is 5.25. The van der Waals surface area contributed by atoms with Gasteiger partial charge in [0.25, 0.3) is 10.2 Å². The maximum atomic E-state index is 12.4. The quantitative estimate of drug-likeness (QED) is 0.803. The summed E-state index contributed by atoms with van der Waals surface area (Å²) in [6.07, 6.45) is 4.16. The van der Waals surface area contributed by atoms with Gasteiger partial charge in [0.1, 0.15) is 0 Å². The smallest absolute Gasteiger partial charge is 0.281 e. The lowest BCUT2D eigenvalue weighted by atomic mass is 9.98. The second-order valence-electron chi connectivity index (χ2n) is 5.60. The number of fused-ring (bicyclic) bond motifs is 1. The van der Waals surface area contributed by atoms with Crippen molar-refractivity contribution in [2.45, 2.75) is 31.7 Å². The molecule has 0 spiro atoms. The van der Waals surface area contributed by atoms with Crippen molar-refractivity contribution < 1.29 is 8.42 Å². The van der Waals surface area contributed by atoms with Gasteiger partial charge in [0.2, 0.25) is 0 Å². The highest BCUT2D eigenvalue weighted by Gasteiger charge is 2.46. The van der Waals surface area contributed by atoms with Crippen LogP contribution in [-0.2, 0) is 10.2 Å². The molecule has 3 unspecified atom stereocenters. The zero-order valence-electron chi connectivity index (χ0n) is 10.5. The maximum Gasteiger partial charge on any atom is 0.281 e. The molecular weight excluding hydrogens is 274 g/mol. The van der Waals surface area contributed by atoms with Gasteiger partial charge in [-0.25, -0.2) is 0 Å². The van der Waals surface area contributed by atoms with E-state index in [2.05, 4.69) is 0 Å². The molecule has 0 aromatic heterocycles. The first kappa shape index (κ1) is 14.5. The van der Waals surface area contributed by atoms with Crippen molar-refractivity contribution in [3.8, 4) is 0 Å². The van der Waals surface area contributed by atoms with Gasteiger partial charge in [-0.1, -0.05) is 0 Å². The Hall–Kier alpha value is 0.120. The molecule has 0 amide bonds. The molecule has 7 heteroatoms. The molecule has 0 bridgehead atoms. The van der Waals surface area contributed by atoms with Crippen molar-refractivity contribution in [3.05, 3.63) is 0 Å². The van der Waals surface area contributed by atoms with Gasteiger partial charge >= 0.3 is 0 Å². The Morgan fingerprint density at radius 2 is 1.67 bits per heavy atom. The van der Waals surface area contributed by atoms with Gasteiger partial charge in [0.05, 0.1) is 0 Å². The molecule has 0 aromatic rings. The van der Waals surface area contributed by atoms with E-state index >= 15 is 0 Å². The van der Waals surface area contributed by atoms with Crippen LogP contribution < -0.4 is 5.73 Å². The second-order valence-corrected chi connectivity index (χ2v) is 7.52. The van der Waals surface area contributed by atoms with E-state index in [0.717, 1.165) is 25.7 Å². The lowest BCUT2D eigenvalue weighted by Gasteiger charge is -2.24. The largest absolute Gasteiger partial charge is 0.327 e. The minimum absolute atomic E-state index is 0. The molecule has 2 N–H and O–H groups in total. The number of hydrogen-bond acceptors (Lipinski definition) is 3. The van der Waals surface area contributed by atoms with Crippen LogP contribution in [0.1, 0.15) is 25.7 Å². The van der Waals surface area contributed by atoms with Crippen molar-refractivity contribution in [3.63, 3.8) is 0 Å². The average Bonchev–Trinajstić information content (AvgIpc) is 2.96. The van der Waals surface area contributed by atoms with Gasteiger partial charge in [-0.05, 0) is 37.5 Å². The summed E-state index contributed by atoms with van der Waals surface area (Å²) >= 11 is 0. The Labute approximate surface area is 115 Å². The van der Waals surface area contributed by atoms with E-state index in [9.17, 15) is 8.42 Å². The van der Waals surface area contributed by atoms with Crippen LogP contribution in [0.4, 0.5) is 0 Å². The van der Waals surface area contributed by atoms with Crippen LogP contribution in [-0.4, -0.2) is 49.2 Å². The highest BCUT2D eigenvalue weighted by molar-refractivity contribution is 7.86. The topological polar surface area (TPSA) is 66.6 Å². The maximum absolute atomic E-state index is 12.4. The number of halogens is 1. The van der Waals surface area contributed by atoms with E-state index in [4.69, 9.17) is 5.73 Å². The summed E-state index contributed by atoms with van der Waals surface area (Å²) in [5.74, 6) is 0.898. The summed E-state index contributed by atoms with van der Waals surface area (Å²) in [4.78, 5) is 0. The van der Waals surface area contributed by atoms with Crippen LogP contribution in [0, 0.1) is 11.8 Å². The molecule has 3 fully saturated rings. The molecule has 0 aromatic carbocycles. The molecule has 2 heterocycles. The molecule has 18 heavy (non-hydrogen) atoms. The van der Waals surface area contributed by atoms with Crippen molar-refractivity contribution in [2.24, 2.45) is 17.6 Å². The van der Waals surface area contributed by atoms with Crippen LogP contribution in [0.15, 0.2) is 0 Å². The molecule has 1 saturated carbocycles. The van der Waals surface area contributed by atoms with Crippen LogP contribution in [0.3, 0.4) is 0 Å². The standard InChI is InChI=1S/C11H21N3O2S.ClH/c12-11-4-3-9-7-14(8-10(9)11)17(15,16)13-5-1-2-6-13;/h9-11H,1-8,12H2;1H. The van der Waals surface area contributed by atoms with Crippen LogP contribution in [0.25, 0.3) is 0 Å². The Morgan fingerprint density at radius 1 is 1.00 bits per heavy atom. The van der Waals surface area contributed by atoms with Crippen molar-refractivity contribution in [1.82, 2.24) is 8.61 Å². The molecule has 5 nitrogen and oxygen atoms in total. The Morgan fingerprint density at radius 3 is 2.28 bits per heavy atom. The number of hydrogen-bond donors (Lipinski definition) is 1. The van der Waals surface area contributed by atoms with Gasteiger partial charge < -0.3 is 5.73 Å². The SMILES string of the molecule is Cl.NC1CCC2CN(S(=O)(=O)N3CCCC3)CC12. The Bertz CT molecular complexity index is 397. The summed E-state index contributed by atoms with van der Waals surface area (Å²) < 4.78 is 28.1. The lowest BCUT2D eigenvalue weighted by molar-refractivity contribution is 0.376. The highest BCUT2D eigenvalue weighted by atomic mass is 35.5. The van der Waals surface area contributed by atoms with E-state index in [1.807, 2.05) is 0 Å². The zero-order valence-corrected chi connectivity index (χ0v) is 12.1. The summed E-state index contributed by atoms with van der Waals surface area (Å²) in [7, 11) is -3.19. The lowest BCUT2D eigenvalue weighted by Crippen LogP contribution is -2.42. The highest BCUT2D eigenvalue weighted by Crippen LogP contribution is 2.38. The summed E-state index contributed by atoms with van der Waals surface area (Å²) in [6, 6.07) is 0.207. The fourth-order valence-electron chi connectivity index (χ4n) is 3.54. The fourth-order valence-corrected chi connectivity index (χ4v) is 5.32. The first-order valence-electron chi connectivity index (χ1n) is 6.60. The molecule has 1 aliphatic carbocycles. The molecule has 2 saturated heterocycles. The molecule has 0 radical (unpaired) electrons. The molecule has 106 valence electrons. The van der Waals surface area contributed by atoms with Crippen LogP contribution in [0.2, 0.25) is 0 Å². The third-order valence-corrected chi connectivity index (χ3v) is 6.56. The predicted octanol–water partition coefficient (Wildman–Crippen LogP) is 0.418. The Balaban J connectivity index is 0.00000120. The van der Waals surface area contributed by atoms with Crippen molar-refractivity contribution in [2.75, 3.05) is 26.2 Å². The van der Waals surface area contributed by atoms with Gasteiger partial charge in [-0.15, -0.1) is 12.4 Å². The average molecular weight is 296 g/mol. The molecular formula is C11H22ClN3O2S. The third kappa shape index (κ3) is 2.29. The first-order valence-corrected chi connectivity index (χ1v) is 7.99. The monoisotopic (exact) mass is 295 g/mol. The van der Waals surface area contributed by atoms with E-state index in [1.54, 1.807) is 8.61 Å². The van der Waals surface area contributed by atoms with Gasteiger partial charge in [0, 0.05) is 32.2 Å². The van der Waals surface area contributed by atoms with Crippen LogP contribution >= 0.6 is 12.4 Å². The fraction of sp³-hybridized carbons (Fsp3) is 1.00. The third-order valence-electron chi connectivity index (χ3n) is 4.60. The van der Waals surface area contributed by atoms with Crippen molar-refractivity contribution in [1.29, 1.82) is 0 Å². The number of nitrogens with zero attached hydrogens (tertiary/aromatic N) is 2. The normalized spacial score (nSPS) is 37.7. The minimum atomic E-state index is -3.19. The molecule has 2 aliphatic heterocycles. The summed E-state index contributed by atoms with van der Waals surface area (Å²) in [5.41, 5.74) is 6.04. The van der Waals surface area contributed by atoms with Crippen LogP contribution in [0.5, 0.6) is 0 Å². The van der Waals surface area contributed by atoms with E-state index < -0.39 is 10.2 Å². The molecule has 3 aliphatic rings. The predicted molar refractivity (Wildman–Crippen MR) is 72.7 cm³/mol. The van der Waals surface area contributed by atoms with E-state index in [0.29, 0.717) is 38.0 Å². The van der Waals surface area contributed by atoms with Crippen molar-refractivity contribution >= 4 is 22.6 Å². The zero-order chi connectivity index (χ0) is 12.0. The summed E-state index contributed by atoms with van der Waals surface area (Å²) in [6.45, 7) is 2.72. The van der Waals surface area contributed by atoms with Gasteiger partial charge in [-0.2, -0.15) is 17.0 Å². The van der Waals surface area contributed by atoms with E-state index in [1.165, 1.54) is 0 Å². The summed E-state index contributed by atoms with van der Waals surface area (Å²) in [5, 5.41) is 0. The number of rotatable bonds is 2.